The monoisotopic (exact) mass is 517 g/mol. The lowest BCUT2D eigenvalue weighted by molar-refractivity contribution is -0.127. The number of phenols is 2. The van der Waals surface area contributed by atoms with E-state index in [2.05, 4.69) is 15.6 Å². The number of nitrogens with one attached hydrogen (secondary N) is 1. The van der Waals surface area contributed by atoms with Crippen LogP contribution in [0.25, 0.3) is 11.0 Å². The van der Waals surface area contributed by atoms with Crippen molar-refractivity contribution >= 4 is 28.5 Å². The number of carbonyl (C=O) groups excluding carboxylic acids is 2. The van der Waals surface area contributed by atoms with Crippen molar-refractivity contribution in [3.63, 3.8) is 0 Å². The second-order valence-corrected chi connectivity index (χ2v) is 9.47. The summed E-state index contributed by atoms with van der Waals surface area (Å²) in [5.41, 5.74) is 1.66. The zero-order chi connectivity index (χ0) is 26.6. The largest absolute Gasteiger partial charge is 0.504 e. The molecular weight excluding hydrogens is 489 g/mol. The fourth-order valence-electron chi connectivity index (χ4n) is 4.96. The summed E-state index contributed by atoms with van der Waals surface area (Å²) in [6.07, 6.45) is 4.71. The molecule has 0 aliphatic heterocycles. The molecule has 1 fully saturated rings. The molecule has 1 saturated carbocycles. The van der Waals surface area contributed by atoms with Gasteiger partial charge in [-0.3, -0.25) is 14.5 Å². The molecule has 38 heavy (non-hydrogen) atoms. The fourth-order valence-corrected chi connectivity index (χ4v) is 4.96. The predicted molar refractivity (Wildman–Crippen MR) is 139 cm³/mol. The number of aromatic hydroxyl groups is 2. The van der Waals surface area contributed by atoms with E-state index in [0.717, 1.165) is 32.1 Å². The lowest BCUT2D eigenvalue weighted by Crippen LogP contribution is -2.48. The number of halogens is 1. The second kappa shape index (κ2) is 10.9. The van der Waals surface area contributed by atoms with Crippen LogP contribution < -0.4 is 10.2 Å². The first-order valence-electron chi connectivity index (χ1n) is 12.6. The molecule has 3 aromatic carbocycles. The van der Waals surface area contributed by atoms with Crippen molar-refractivity contribution in [2.24, 2.45) is 0 Å². The summed E-state index contributed by atoms with van der Waals surface area (Å²) in [7, 11) is 0. The number of rotatable bonds is 7. The average molecular weight is 518 g/mol. The van der Waals surface area contributed by atoms with Gasteiger partial charge in [0.25, 0.3) is 0 Å². The lowest BCUT2D eigenvalue weighted by Gasteiger charge is -2.33. The van der Waals surface area contributed by atoms with Crippen molar-refractivity contribution in [2.75, 3.05) is 4.90 Å². The minimum Gasteiger partial charge on any atom is -0.504 e. The van der Waals surface area contributed by atoms with Gasteiger partial charge in [0.2, 0.25) is 11.8 Å². The number of benzene rings is 3. The van der Waals surface area contributed by atoms with Crippen LogP contribution in [0.4, 0.5) is 10.1 Å². The smallest absolute Gasteiger partial charge is 0.249 e. The normalized spacial score (nSPS) is 14.8. The lowest BCUT2D eigenvalue weighted by atomic mass is 9.94. The van der Waals surface area contributed by atoms with Crippen molar-refractivity contribution in [3.05, 3.63) is 78.1 Å². The molecule has 1 aromatic heterocycles. The molecule has 1 aliphatic carbocycles. The van der Waals surface area contributed by atoms with Crippen LogP contribution in [0.2, 0.25) is 0 Å². The molecule has 0 bridgehead atoms. The number of para-hydroxylation sites is 1. The Morgan fingerprint density at radius 1 is 1.00 bits per heavy atom. The van der Waals surface area contributed by atoms with Gasteiger partial charge in [0.05, 0.1) is 5.52 Å². The Morgan fingerprint density at radius 2 is 1.79 bits per heavy atom. The minimum atomic E-state index is -1.26. The summed E-state index contributed by atoms with van der Waals surface area (Å²) in [4.78, 5) is 29.0. The summed E-state index contributed by atoms with van der Waals surface area (Å²) in [6, 6.07) is 15.2. The van der Waals surface area contributed by atoms with Crippen molar-refractivity contribution in [2.45, 2.75) is 50.7 Å². The van der Waals surface area contributed by atoms with Gasteiger partial charge >= 0.3 is 0 Å². The summed E-state index contributed by atoms with van der Waals surface area (Å²) in [5.74, 6) is -2.39. The molecule has 9 nitrogen and oxygen atoms in total. The SMILES string of the molecule is O=C(NC1CCCCC1)C(c1ccc(O)c(O)c1)N(C(=O)Cn1nnc2ccccc21)c1cccc(F)c1. The average Bonchev–Trinajstić information content (AvgIpc) is 3.32. The second-order valence-electron chi connectivity index (χ2n) is 9.47. The van der Waals surface area contributed by atoms with Crippen LogP contribution in [0.15, 0.2) is 66.7 Å². The molecule has 196 valence electrons. The fraction of sp³-hybridized carbons (Fsp3) is 0.286. The van der Waals surface area contributed by atoms with Gasteiger partial charge in [0.1, 0.15) is 23.9 Å². The molecule has 3 N–H and O–H groups in total. The van der Waals surface area contributed by atoms with Gasteiger partial charge in [-0.1, -0.05) is 48.7 Å². The van der Waals surface area contributed by atoms with Crippen molar-refractivity contribution in [3.8, 4) is 11.5 Å². The van der Waals surface area contributed by atoms with Crippen molar-refractivity contribution in [1.29, 1.82) is 0 Å². The van der Waals surface area contributed by atoms with Crippen molar-refractivity contribution in [1.82, 2.24) is 20.3 Å². The first kappa shape index (κ1) is 25.2. The van der Waals surface area contributed by atoms with Crippen LogP contribution >= 0.6 is 0 Å². The van der Waals surface area contributed by atoms with E-state index >= 15 is 0 Å². The Hall–Kier alpha value is -4.47. The van der Waals surface area contributed by atoms with Gasteiger partial charge < -0.3 is 15.5 Å². The number of nitrogens with zero attached hydrogens (tertiary/aromatic N) is 4. The van der Waals surface area contributed by atoms with Gasteiger partial charge in [0.15, 0.2) is 11.5 Å². The molecular formula is C28H28FN5O4. The van der Waals surface area contributed by atoms with Gasteiger partial charge in [-0.15, -0.1) is 5.10 Å². The maximum atomic E-state index is 14.4. The third-order valence-electron chi connectivity index (χ3n) is 6.83. The van der Waals surface area contributed by atoms with E-state index in [1.807, 2.05) is 6.07 Å². The highest BCUT2D eigenvalue weighted by Crippen LogP contribution is 2.34. The predicted octanol–water partition coefficient (Wildman–Crippen LogP) is 4.21. The molecule has 1 unspecified atom stereocenters. The number of fused-ring (bicyclic) bond motifs is 1. The molecule has 2 amide bonds. The van der Waals surface area contributed by atoms with Crippen LogP contribution in [0.5, 0.6) is 11.5 Å². The Morgan fingerprint density at radius 3 is 2.55 bits per heavy atom. The van der Waals surface area contributed by atoms with Gasteiger partial charge in [0, 0.05) is 11.7 Å². The Labute approximate surface area is 218 Å². The number of carbonyl (C=O) groups is 2. The third-order valence-corrected chi connectivity index (χ3v) is 6.83. The number of aromatic nitrogens is 3. The standard InChI is InChI=1S/C28H28FN5O4/c29-19-7-6-10-21(16-19)34(26(37)17-33-23-12-5-4-11-22(23)31-32-33)27(18-13-14-24(35)25(36)15-18)28(38)30-20-8-2-1-3-9-20/h4-7,10-16,20,27,35-36H,1-3,8-9,17H2,(H,30,38). The Balaban J connectivity index is 1.58. The van der Waals surface area contributed by atoms with Crippen LogP contribution in [0.3, 0.4) is 0 Å². The van der Waals surface area contributed by atoms with Gasteiger partial charge in [-0.2, -0.15) is 0 Å². The number of anilines is 1. The van der Waals surface area contributed by atoms with Crippen LogP contribution in [-0.4, -0.2) is 43.1 Å². The first-order chi connectivity index (χ1) is 18.4. The van der Waals surface area contributed by atoms with Crippen LogP contribution in [-0.2, 0) is 16.1 Å². The number of hydrogen-bond acceptors (Lipinski definition) is 6. The van der Waals surface area contributed by atoms with E-state index in [4.69, 9.17) is 0 Å². The molecule has 1 aliphatic rings. The van der Waals surface area contributed by atoms with E-state index in [0.29, 0.717) is 11.0 Å². The maximum Gasteiger partial charge on any atom is 0.249 e. The summed E-state index contributed by atoms with van der Waals surface area (Å²) in [5, 5.41) is 31.4. The Kier molecular flexibility index (Phi) is 7.21. The topological polar surface area (TPSA) is 121 Å². The molecule has 0 spiro atoms. The molecule has 10 heteroatoms. The highest BCUT2D eigenvalue weighted by Gasteiger charge is 2.35. The van der Waals surface area contributed by atoms with Gasteiger partial charge in [-0.05, 0) is 60.9 Å². The third kappa shape index (κ3) is 5.29. The zero-order valence-corrected chi connectivity index (χ0v) is 20.6. The number of amides is 2. The number of hydrogen-bond donors (Lipinski definition) is 3. The minimum absolute atomic E-state index is 0.0619. The molecule has 1 heterocycles. The van der Waals surface area contributed by atoms with E-state index < -0.39 is 29.4 Å². The van der Waals surface area contributed by atoms with E-state index in [1.165, 1.54) is 46.0 Å². The Bertz CT molecular complexity index is 1470. The van der Waals surface area contributed by atoms with E-state index in [9.17, 15) is 24.2 Å². The molecule has 1 atom stereocenters. The van der Waals surface area contributed by atoms with Crippen LogP contribution in [0, 0.1) is 5.82 Å². The van der Waals surface area contributed by atoms with E-state index in [1.54, 1.807) is 24.3 Å². The first-order valence-corrected chi connectivity index (χ1v) is 12.6. The highest BCUT2D eigenvalue weighted by molar-refractivity contribution is 6.01. The quantitative estimate of drug-likeness (QED) is 0.316. The highest BCUT2D eigenvalue weighted by atomic mass is 19.1. The van der Waals surface area contributed by atoms with Gasteiger partial charge in [-0.25, -0.2) is 9.07 Å². The maximum absolute atomic E-state index is 14.4. The van der Waals surface area contributed by atoms with Crippen molar-refractivity contribution < 1.29 is 24.2 Å². The summed E-state index contributed by atoms with van der Waals surface area (Å²) >= 11 is 0. The van der Waals surface area contributed by atoms with Crippen LogP contribution in [0.1, 0.15) is 43.7 Å². The molecule has 5 rings (SSSR count). The molecule has 0 radical (unpaired) electrons. The number of phenolic OH excluding ortho intramolecular Hbond substituents is 2. The zero-order valence-electron chi connectivity index (χ0n) is 20.6. The molecule has 4 aromatic rings. The summed E-state index contributed by atoms with van der Waals surface area (Å²) < 4.78 is 15.8. The van der Waals surface area contributed by atoms with E-state index in [-0.39, 0.29) is 29.6 Å². The molecule has 0 saturated heterocycles. The summed E-state index contributed by atoms with van der Waals surface area (Å²) in [6.45, 7) is -0.270.